The van der Waals surface area contributed by atoms with Gasteiger partial charge in [-0.1, -0.05) is 25.6 Å². The molecule has 0 aromatic carbocycles. The molecule has 27 heavy (non-hydrogen) atoms. The minimum Gasteiger partial charge on any atom is -0.379 e. The van der Waals surface area contributed by atoms with Crippen molar-refractivity contribution in [2.24, 2.45) is 0 Å². The Bertz CT molecular complexity index is 598. The van der Waals surface area contributed by atoms with E-state index in [1.165, 1.54) is 21.3 Å². The summed E-state index contributed by atoms with van der Waals surface area (Å²) in [5.41, 5.74) is 0. The summed E-state index contributed by atoms with van der Waals surface area (Å²) in [7, 11) is 6.59. The number of amides is 2. The number of methoxy groups -OCH3 is 2. The third kappa shape index (κ3) is 6.87. The lowest BCUT2D eigenvalue weighted by Gasteiger charge is -2.31. The normalized spacial score (nSPS) is 11.8. The Morgan fingerprint density at radius 2 is 1.81 bits per heavy atom. The number of hydrogen-bond acceptors (Lipinski definition) is 7. The molecule has 1 aromatic rings. The fourth-order valence-electron chi connectivity index (χ4n) is 2.32. The molecule has 0 unspecified atom stereocenters. The first-order chi connectivity index (χ1) is 12.8. The van der Waals surface area contributed by atoms with Gasteiger partial charge in [0.15, 0.2) is 11.0 Å². The number of quaternary nitrogens is 1. The lowest BCUT2D eigenvalue weighted by molar-refractivity contribution is -0.844. The van der Waals surface area contributed by atoms with Crippen LogP contribution in [0.15, 0.2) is 5.16 Å². The molecule has 0 N–H and O–H groups in total. The monoisotopic (exact) mass is 402 g/mol. The molecule has 9 nitrogen and oxygen atoms in total. The molecule has 0 atom stereocenters. The SMILES string of the molecule is COCC[N+](C=O)(CCOC)CCSc1nc(C(C)C)nn1C(=O)N(C)C. The van der Waals surface area contributed by atoms with Gasteiger partial charge in [-0.2, -0.15) is 4.68 Å². The van der Waals surface area contributed by atoms with E-state index in [4.69, 9.17) is 9.47 Å². The molecular weight excluding hydrogens is 370 g/mol. The molecule has 1 rings (SSSR count). The van der Waals surface area contributed by atoms with Crippen LogP contribution >= 0.6 is 11.8 Å². The van der Waals surface area contributed by atoms with E-state index in [0.717, 1.165) is 6.41 Å². The number of nitrogens with zero attached hydrogens (tertiary/aromatic N) is 5. The third-order valence-corrected chi connectivity index (χ3v) is 5.06. The predicted octanol–water partition coefficient (Wildman–Crippen LogP) is 1.29. The number of ether oxygens (including phenoxy) is 2. The average molecular weight is 403 g/mol. The number of carbonyl (C=O) groups is 2. The van der Waals surface area contributed by atoms with Crippen LogP contribution in [0.25, 0.3) is 0 Å². The molecule has 0 radical (unpaired) electrons. The van der Waals surface area contributed by atoms with Gasteiger partial charge in [-0.15, -0.1) is 5.10 Å². The van der Waals surface area contributed by atoms with Crippen molar-refractivity contribution in [3.05, 3.63) is 5.82 Å². The highest BCUT2D eigenvalue weighted by Crippen LogP contribution is 2.21. The van der Waals surface area contributed by atoms with E-state index < -0.39 is 0 Å². The van der Waals surface area contributed by atoms with Crippen molar-refractivity contribution in [2.45, 2.75) is 24.9 Å². The second-order valence-electron chi connectivity index (χ2n) is 6.82. The Morgan fingerprint density at radius 1 is 1.22 bits per heavy atom. The Labute approximate surface area is 165 Å². The molecule has 1 heterocycles. The van der Waals surface area contributed by atoms with Crippen LogP contribution in [0.3, 0.4) is 0 Å². The molecule has 0 bridgehead atoms. The van der Waals surface area contributed by atoms with Crippen LogP contribution in [-0.2, 0) is 14.3 Å². The number of rotatable bonds is 12. The number of aromatic nitrogens is 3. The van der Waals surface area contributed by atoms with E-state index in [1.54, 1.807) is 28.3 Å². The fourth-order valence-corrected chi connectivity index (χ4v) is 3.36. The molecule has 0 saturated heterocycles. The first kappa shape index (κ1) is 23.5. The molecule has 1 aromatic heterocycles. The van der Waals surface area contributed by atoms with Gasteiger partial charge in [0.05, 0.1) is 25.5 Å². The summed E-state index contributed by atoms with van der Waals surface area (Å²) in [6.07, 6.45) is 0.952. The molecular formula is C17H32N5O4S+. The second kappa shape index (κ2) is 11.4. The molecule has 2 amide bonds. The van der Waals surface area contributed by atoms with Crippen molar-refractivity contribution in [1.29, 1.82) is 0 Å². The van der Waals surface area contributed by atoms with Gasteiger partial charge >= 0.3 is 12.4 Å². The van der Waals surface area contributed by atoms with Crippen molar-refractivity contribution in [2.75, 3.05) is 66.9 Å². The van der Waals surface area contributed by atoms with E-state index >= 15 is 0 Å². The zero-order valence-electron chi connectivity index (χ0n) is 17.2. The van der Waals surface area contributed by atoms with Gasteiger partial charge in [0, 0.05) is 34.2 Å². The molecule has 0 spiro atoms. The Kier molecular flexibility index (Phi) is 9.92. The average Bonchev–Trinajstić information content (AvgIpc) is 3.07. The fraction of sp³-hybridized carbons (Fsp3) is 0.765. The van der Waals surface area contributed by atoms with Crippen molar-refractivity contribution >= 4 is 24.2 Å². The minimum atomic E-state index is -0.244. The van der Waals surface area contributed by atoms with Crippen molar-refractivity contribution < 1.29 is 23.5 Å². The zero-order chi connectivity index (χ0) is 20.4. The third-order valence-electron chi connectivity index (χ3n) is 4.15. The van der Waals surface area contributed by atoms with Crippen LogP contribution in [0.5, 0.6) is 0 Å². The quantitative estimate of drug-likeness (QED) is 0.296. The zero-order valence-corrected chi connectivity index (χ0v) is 18.0. The summed E-state index contributed by atoms with van der Waals surface area (Å²) < 4.78 is 11.9. The molecule has 0 aliphatic carbocycles. The summed E-state index contributed by atoms with van der Waals surface area (Å²) in [4.78, 5) is 30.1. The molecule has 10 heteroatoms. The van der Waals surface area contributed by atoms with Crippen LogP contribution in [0.2, 0.25) is 0 Å². The van der Waals surface area contributed by atoms with Crippen molar-refractivity contribution in [3.8, 4) is 0 Å². The summed E-state index contributed by atoms with van der Waals surface area (Å²) in [6.45, 7) is 6.67. The second-order valence-corrected chi connectivity index (χ2v) is 7.89. The number of thioether (sulfide) groups is 1. The summed E-state index contributed by atoms with van der Waals surface area (Å²) in [6, 6.07) is -0.244. The Morgan fingerprint density at radius 3 is 2.26 bits per heavy atom. The van der Waals surface area contributed by atoms with Crippen LogP contribution in [0, 0.1) is 0 Å². The first-order valence-electron chi connectivity index (χ1n) is 8.91. The van der Waals surface area contributed by atoms with Crippen LogP contribution in [-0.4, -0.2) is 104 Å². The number of carbonyl (C=O) groups excluding carboxylic acids is 2. The van der Waals surface area contributed by atoms with Crippen molar-refractivity contribution in [3.63, 3.8) is 0 Å². The van der Waals surface area contributed by atoms with E-state index in [0.29, 0.717) is 49.6 Å². The van der Waals surface area contributed by atoms with E-state index in [-0.39, 0.29) is 16.4 Å². The molecule has 0 fully saturated rings. The number of hydrogen-bond donors (Lipinski definition) is 0. The van der Waals surface area contributed by atoms with E-state index in [9.17, 15) is 9.59 Å². The van der Waals surface area contributed by atoms with Crippen LogP contribution in [0.4, 0.5) is 4.79 Å². The standard InChI is InChI=1S/C17H32N5O4S/c1-14(2)15-18-16(21(19-15)17(24)20(3)4)27-12-9-22(13-23,7-10-25-5)8-11-26-6/h13-14H,7-12H2,1-6H3/q+1. The summed E-state index contributed by atoms with van der Waals surface area (Å²) in [5.74, 6) is 1.36. The van der Waals surface area contributed by atoms with Gasteiger partial charge in [-0.05, 0) is 0 Å². The van der Waals surface area contributed by atoms with Crippen LogP contribution in [0.1, 0.15) is 25.6 Å². The van der Waals surface area contributed by atoms with Gasteiger partial charge in [-0.25, -0.2) is 14.6 Å². The molecule has 154 valence electrons. The highest BCUT2D eigenvalue weighted by atomic mass is 32.2. The van der Waals surface area contributed by atoms with Crippen LogP contribution < -0.4 is 0 Å². The lowest BCUT2D eigenvalue weighted by atomic mass is 10.2. The highest BCUT2D eigenvalue weighted by molar-refractivity contribution is 7.99. The van der Waals surface area contributed by atoms with Gasteiger partial charge in [-0.3, -0.25) is 4.48 Å². The van der Waals surface area contributed by atoms with Gasteiger partial charge in [0.2, 0.25) is 0 Å². The highest BCUT2D eigenvalue weighted by Gasteiger charge is 2.27. The van der Waals surface area contributed by atoms with Crippen molar-refractivity contribution in [1.82, 2.24) is 19.7 Å². The smallest absolute Gasteiger partial charge is 0.346 e. The topological polar surface area (TPSA) is 86.5 Å². The minimum absolute atomic E-state index is 0.119. The summed E-state index contributed by atoms with van der Waals surface area (Å²) in [5, 5.41) is 4.89. The first-order valence-corrected chi connectivity index (χ1v) is 9.90. The van der Waals surface area contributed by atoms with Gasteiger partial charge in [0.25, 0.3) is 0 Å². The summed E-state index contributed by atoms with van der Waals surface area (Å²) >= 11 is 1.43. The largest absolute Gasteiger partial charge is 0.379 e. The molecule has 0 aliphatic rings. The lowest BCUT2D eigenvalue weighted by Crippen LogP contribution is -2.52. The maximum absolute atomic E-state index is 12.4. The predicted molar refractivity (Wildman–Crippen MR) is 104 cm³/mol. The Hall–Kier alpha value is -1.49. The molecule has 0 aliphatic heterocycles. The van der Waals surface area contributed by atoms with Gasteiger partial charge < -0.3 is 14.4 Å². The Balaban J connectivity index is 2.90. The maximum atomic E-state index is 12.4. The van der Waals surface area contributed by atoms with Gasteiger partial charge in [0.1, 0.15) is 13.1 Å². The maximum Gasteiger partial charge on any atom is 0.346 e. The molecule has 0 saturated carbocycles. The van der Waals surface area contributed by atoms with E-state index in [1.807, 2.05) is 13.8 Å². The van der Waals surface area contributed by atoms with E-state index in [2.05, 4.69) is 10.1 Å².